The van der Waals surface area contributed by atoms with E-state index >= 15 is 0 Å². The third-order valence-electron chi connectivity index (χ3n) is 2.80. The van der Waals surface area contributed by atoms with Gasteiger partial charge in [0, 0.05) is 0 Å². The second-order valence-electron chi connectivity index (χ2n) is 4.50. The molecule has 0 radical (unpaired) electrons. The van der Waals surface area contributed by atoms with E-state index in [1.54, 1.807) is 0 Å². The van der Waals surface area contributed by atoms with Gasteiger partial charge in [0.1, 0.15) is 0 Å². The van der Waals surface area contributed by atoms with Crippen molar-refractivity contribution < 1.29 is 5.11 Å². The largest absolute Gasteiger partial charge is 0.393 e. The zero-order valence-corrected chi connectivity index (χ0v) is 10.6. The molecule has 0 bridgehead atoms. The van der Waals surface area contributed by atoms with Crippen LogP contribution in [0.3, 0.4) is 0 Å². The van der Waals surface area contributed by atoms with Crippen molar-refractivity contribution in [2.75, 3.05) is 0 Å². The fourth-order valence-corrected chi connectivity index (χ4v) is 1.98. The number of benzene rings is 2. The van der Waals surface area contributed by atoms with E-state index < -0.39 is 0 Å². The molecule has 92 valence electrons. The number of aliphatic hydroxyl groups excluding tert-OH is 1. The van der Waals surface area contributed by atoms with E-state index in [0.717, 1.165) is 11.1 Å². The van der Waals surface area contributed by atoms with Gasteiger partial charge in [-0.3, -0.25) is 0 Å². The maximum Gasteiger partial charge on any atom is 0.0552 e. The molecular formula is C17H18O. The minimum atomic E-state index is -0.333. The van der Waals surface area contributed by atoms with Crippen molar-refractivity contribution in [3.8, 4) is 0 Å². The van der Waals surface area contributed by atoms with Gasteiger partial charge in [0.05, 0.1) is 6.10 Å². The Morgan fingerprint density at radius 1 is 1.00 bits per heavy atom. The van der Waals surface area contributed by atoms with Gasteiger partial charge in [0.25, 0.3) is 0 Å². The molecule has 1 unspecified atom stereocenters. The lowest BCUT2D eigenvalue weighted by Crippen LogP contribution is -2.00. The summed E-state index contributed by atoms with van der Waals surface area (Å²) >= 11 is 0. The Morgan fingerprint density at radius 3 is 2.11 bits per heavy atom. The molecule has 1 N–H and O–H groups in total. The summed E-state index contributed by atoms with van der Waals surface area (Å²) in [7, 11) is 0. The second-order valence-corrected chi connectivity index (χ2v) is 4.50. The van der Waals surface area contributed by atoms with Crippen molar-refractivity contribution in [2.45, 2.75) is 19.4 Å². The van der Waals surface area contributed by atoms with Crippen molar-refractivity contribution in [3.63, 3.8) is 0 Å². The average molecular weight is 238 g/mol. The van der Waals surface area contributed by atoms with Crippen LogP contribution in [0.25, 0.3) is 11.6 Å². The van der Waals surface area contributed by atoms with E-state index in [9.17, 15) is 5.11 Å². The van der Waals surface area contributed by atoms with Crippen LogP contribution in [0.1, 0.15) is 24.5 Å². The first-order valence-corrected chi connectivity index (χ1v) is 6.25. The Hall–Kier alpha value is -1.86. The summed E-state index contributed by atoms with van der Waals surface area (Å²) in [5.41, 5.74) is 3.50. The molecule has 2 aromatic rings. The van der Waals surface area contributed by atoms with Crippen LogP contribution in [-0.2, 0) is 0 Å². The number of aliphatic hydroxyl groups is 1. The van der Waals surface area contributed by atoms with Gasteiger partial charge < -0.3 is 5.11 Å². The Balaban J connectivity index is 2.34. The Morgan fingerprint density at radius 2 is 1.56 bits per heavy atom. The SMILES string of the molecule is CC(O)CC(=Cc1ccccc1)c1ccccc1. The smallest absolute Gasteiger partial charge is 0.0552 e. The predicted octanol–water partition coefficient (Wildman–Crippen LogP) is 4.00. The Labute approximate surface area is 108 Å². The number of hydrogen-bond acceptors (Lipinski definition) is 1. The molecule has 0 saturated heterocycles. The minimum Gasteiger partial charge on any atom is -0.393 e. The molecule has 1 nitrogen and oxygen atoms in total. The van der Waals surface area contributed by atoms with Gasteiger partial charge >= 0.3 is 0 Å². The molecule has 0 heterocycles. The Bertz CT molecular complexity index is 498. The van der Waals surface area contributed by atoms with Crippen LogP contribution in [-0.4, -0.2) is 11.2 Å². The maximum atomic E-state index is 9.62. The van der Waals surface area contributed by atoms with Crippen LogP contribution in [0.5, 0.6) is 0 Å². The lowest BCUT2D eigenvalue weighted by Gasteiger charge is -2.10. The first-order valence-electron chi connectivity index (χ1n) is 6.25. The summed E-state index contributed by atoms with van der Waals surface area (Å²) in [6, 6.07) is 20.4. The van der Waals surface area contributed by atoms with Gasteiger partial charge in [-0.15, -0.1) is 0 Å². The number of hydrogen-bond donors (Lipinski definition) is 1. The van der Waals surface area contributed by atoms with Crippen LogP contribution < -0.4 is 0 Å². The van der Waals surface area contributed by atoms with Crippen LogP contribution in [0.15, 0.2) is 60.7 Å². The van der Waals surface area contributed by atoms with E-state index in [-0.39, 0.29) is 6.10 Å². The first kappa shape index (κ1) is 12.6. The number of rotatable bonds is 4. The lowest BCUT2D eigenvalue weighted by atomic mass is 9.98. The molecule has 0 saturated carbocycles. The van der Waals surface area contributed by atoms with Gasteiger partial charge in [0.15, 0.2) is 0 Å². The van der Waals surface area contributed by atoms with Gasteiger partial charge in [-0.25, -0.2) is 0 Å². The topological polar surface area (TPSA) is 20.2 Å². The summed E-state index contributed by atoms with van der Waals surface area (Å²) in [6.07, 6.45) is 2.47. The van der Waals surface area contributed by atoms with E-state index in [1.165, 1.54) is 5.56 Å². The average Bonchev–Trinajstić information content (AvgIpc) is 2.40. The maximum absolute atomic E-state index is 9.62. The molecule has 2 aromatic carbocycles. The standard InChI is InChI=1S/C17H18O/c1-14(18)12-17(16-10-6-3-7-11-16)13-15-8-4-2-5-9-15/h2-11,13-14,18H,12H2,1H3. The Kier molecular flexibility index (Phi) is 4.32. The van der Waals surface area contributed by atoms with Crippen LogP contribution in [0.2, 0.25) is 0 Å². The molecule has 0 amide bonds. The van der Waals surface area contributed by atoms with Gasteiger partial charge in [0.2, 0.25) is 0 Å². The normalized spacial score (nSPS) is 13.3. The fraction of sp³-hybridized carbons (Fsp3) is 0.176. The van der Waals surface area contributed by atoms with Crippen LogP contribution in [0, 0.1) is 0 Å². The molecule has 2 rings (SSSR count). The first-order chi connectivity index (χ1) is 8.75. The highest BCUT2D eigenvalue weighted by molar-refractivity contribution is 5.81. The second kappa shape index (κ2) is 6.18. The van der Waals surface area contributed by atoms with Gasteiger partial charge in [-0.2, -0.15) is 0 Å². The lowest BCUT2D eigenvalue weighted by molar-refractivity contribution is 0.201. The third kappa shape index (κ3) is 3.57. The summed E-state index contributed by atoms with van der Waals surface area (Å²) in [5, 5.41) is 9.62. The highest BCUT2D eigenvalue weighted by Crippen LogP contribution is 2.22. The van der Waals surface area contributed by atoms with E-state index in [2.05, 4.69) is 30.3 Å². The van der Waals surface area contributed by atoms with Gasteiger partial charge in [-0.1, -0.05) is 66.7 Å². The molecule has 0 spiro atoms. The van der Waals surface area contributed by atoms with Gasteiger partial charge in [-0.05, 0) is 30.0 Å². The molecule has 1 heteroatoms. The van der Waals surface area contributed by atoms with Crippen molar-refractivity contribution >= 4 is 11.6 Å². The zero-order valence-electron chi connectivity index (χ0n) is 10.6. The third-order valence-corrected chi connectivity index (χ3v) is 2.80. The summed E-state index contributed by atoms with van der Waals surface area (Å²) in [4.78, 5) is 0. The van der Waals surface area contributed by atoms with E-state index in [1.807, 2.05) is 43.3 Å². The monoisotopic (exact) mass is 238 g/mol. The molecule has 0 fully saturated rings. The summed E-state index contributed by atoms with van der Waals surface area (Å²) in [6.45, 7) is 1.82. The molecular weight excluding hydrogens is 220 g/mol. The van der Waals surface area contributed by atoms with E-state index in [4.69, 9.17) is 0 Å². The van der Waals surface area contributed by atoms with Crippen molar-refractivity contribution in [2.24, 2.45) is 0 Å². The molecule has 0 aliphatic rings. The summed E-state index contributed by atoms with van der Waals surface area (Å²) < 4.78 is 0. The minimum absolute atomic E-state index is 0.333. The van der Waals surface area contributed by atoms with Crippen LogP contribution >= 0.6 is 0 Å². The van der Waals surface area contributed by atoms with Crippen molar-refractivity contribution in [3.05, 3.63) is 71.8 Å². The van der Waals surface area contributed by atoms with Crippen LogP contribution in [0.4, 0.5) is 0 Å². The summed E-state index contributed by atoms with van der Waals surface area (Å²) in [5.74, 6) is 0. The molecule has 0 aliphatic carbocycles. The zero-order chi connectivity index (χ0) is 12.8. The quantitative estimate of drug-likeness (QED) is 0.798. The molecule has 18 heavy (non-hydrogen) atoms. The fourth-order valence-electron chi connectivity index (χ4n) is 1.98. The highest BCUT2D eigenvalue weighted by Gasteiger charge is 2.05. The molecule has 0 aromatic heterocycles. The van der Waals surface area contributed by atoms with Crippen molar-refractivity contribution in [1.29, 1.82) is 0 Å². The van der Waals surface area contributed by atoms with Crippen molar-refractivity contribution in [1.82, 2.24) is 0 Å². The highest BCUT2D eigenvalue weighted by atomic mass is 16.3. The van der Waals surface area contributed by atoms with E-state index in [0.29, 0.717) is 6.42 Å². The molecule has 1 atom stereocenters. The predicted molar refractivity (Wildman–Crippen MR) is 77.1 cm³/mol. The molecule has 0 aliphatic heterocycles.